The maximum absolute atomic E-state index is 4.34. The van der Waals surface area contributed by atoms with Crippen LogP contribution in [0.15, 0.2) is 12.4 Å². The predicted molar refractivity (Wildman–Crippen MR) is 63.2 cm³/mol. The molecule has 0 saturated carbocycles. The first-order chi connectivity index (χ1) is 7.27. The van der Waals surface area contributed by atoms with E-state index in [1.54, 1.807) is 0 Å². The van der Waals surface area contributed by atoms with Crippen molar-refractivity contribution < 1.29 is 0 Å². The van der Waals surface area contributed by atoms with E-state index in [1.165, 1.54) is 0 Å². The van der Waals surface area contributed by atoms with Crippen molar-refractivity contribution in [1.82, 2.24) is 15.3 Å². The highest BCUT2D eigenvalue weighted by Crippen LogP contribution is 2.06. The van der Waals surface area contributed by atoms with Gasteiger partial charge in [0.15, 0.2) is 0 Å². The Labute approximate surface area is 91.7 Å². The van der Waals surface area contributed by atoms with Gasteiger partial charge in [0.1, 0.15) is 0 Å². The van der Waals surface area contributed by atoms with Crippen LogP contribution >= 0.6 is 0 Å². The van der Waals surface area contributed by atoms with Crippen molar-refractivity contribution in [2.45, 2.75) is 20.3 Å². The summed E-state index contributed by atoms with van der Waals surface area (Å²) in [4.78, 5) is 10.9. The molecular weight excluding hydrogens is 188 g/mol. The molecule has 1 N–H and O–H groups in total. The summed E-state index contributed by atoms with van der Waals surface area (Å²) < 4.78 is 0. The Morgan fingerprint density at radius 1 is 1.27 bits per heavy atom. The Balaban J connectivity index is 2.65. The van der Waals surface area contributed by atoms with Gasteiger partial charge in [-0.3, -0.25) is 0 Å². The molecule has 1 aromatic rings. The van der Waals surface area contributed by atoms with E-state index < -0.39 is 0 Å². The zero-order valence-corrected chi connectivity index (χ0v) is 9.82. The van der Waals surface area contributed by atoms with Crippen molar-refractivity contribution >= 4 is 5.95 Å². The second-order valence-electron chi connectivity index (χ2n) is 3.65. The van der Waals surface area contributed by atoms with E-state index in [0.29, 0.717) is 0 Å². The van der Waals surface area contributed by atoms with E-state index in [-0.39, 0.29) is 0 Å². The first kappa shape index (κ1) is 11.9. The largest absolute Gasteiger partial charge is 0.340 e. The van der Waals surface area contributed by atoms with Crippen LogP contribution in [0.1, 0.15) is 18.9 Å². The fraction of sp³-hybridized carbons (Fsp3) is 0.636. The number of hydrogen-bond acceptors (Lipinski definition) is 4. The third-order valence-electron chi connectivity index (χ3n) is 2.18. The van der Waals surface area contributed by atoms with Gasteiger partial charge in [-0.15, -0.1) is 0 Å². The molecule has 0 aliphatic heterocycles. The Hall–Kier alpha value is -1.16. The quantitative estimate of drug-likeness (QED) is 0.763. The third kappa shape index (κ3) is 3.83. The average Bonchev–Trinajstić information content (AvgIpc) is 2.25. The summed E-state index contributed by atoms with van der Waals surface area (Å²) >= 11 is 0. The topological polar surface area (TPSA) is 41.0 Å². The maximum Gasteiger partial charge on any atom is 0.225 e. The molecule has 84 valence electrons. The molecule has 0 aliphatic rings. The van der Waals surface area contributed by atoms with Crippen molar-refractivity contribution in [1.29, 1.82) is 0 Å². The monoisotopic (exact) mass is 208 g/mol. The lowest BCUT2D eigenvalue weighted by Crippen LogP contribution is -2.32. The number of nitrogens with zero attached hydrogens (tertiary/aromatic N) is 3. The van der Waals surface area contributed by atoms with E-state index >= 15 is 0 Å². The molecule has 0 atom stereocenters. The number of hydrogen-bond donors (Lipinski definition) is 1. The Morgan fingerprint density at radius 2 is 1.93 bits per heavy atom. The maximum atomic E-state index is 4.34. The highest BCUT2D eigenvalue weighted by molar-refractivity contribution is 5.29. The molecule has 0 radical (unpaired) electrons. The predicted octanol–water partition coefficient (Wildman–Crippen LogP) is 1.22. The van der Waals surface area contributed by atoms with E-state index in [9.17, 15) is 0 Å². The summed E-state index contributed by atoms with van der Waals surface area (Å²) in [6, 6.07) is 0. The van der Waals surface area contributed by atoms with Crippen molar-refractivity contribution in [3.8, 4) is 0 Å². The summed E-state index contributed by atoms with van der Waals surface area (Å²) in [7, 11) is 1.96. The molecule has 1 heterocycles. The van der Waals surface area contributed by atoms with E-state index in [4.69, 9.17) is 0 Å². The zero-order chi connectivity index (χ0) is 11.1. The molecule has 4 heteroatoms. The molecule has 0 bridgehead atoms. The Morgan fingerprint density at radius 3 is 2.47 bits per heavy atom. The molecule has 0 aromatic carbocycles. The molecule has 0 amide bonds. The zero-order valence-electron chi connectivity index (χ0n) is 9.82. The summed E-state index contributed by atoms with van der Waals surface area (Å²) in [5.74, 6) is 0.831. The number of anilines is 1. The minimum atomic E-state index is 0.831. The van der Waals surface area contributed by atoms with Crippen LogP contribution in [0.25, 0.3) is 0 Å². The average molecular weight is 208 g/mol. The van der Waals surface area contributed by atoms with Crippen molar-refractivity contribution in [3.63, 3.8) is 0 Å². The molecule has 0 saturated heterocycles. The molecule has 0 aliphatic carbocycles. The number of aryl methyl sites for hydroxylation is 1. The Bertz CT molecular complexity index is 270. The molecule has 15 heavy (non-hydrogen) atoms. The van der Waals surface area contributed by atoms with Gasteiger partial charge >= 0.3 is 0 Å². The van der Waals surface area contributed by atoms with Crippen LogP contribution in [0.4, 0.5) is 5.95 Å². The van der Waals surface area contributed by atoms with Gasteiger partial charge in [0.05, 0.1) is 0 Å². The molecule has 1 rings (SSSR count). The van der Waals surface area contributed by atoms with Crippen LogP contribution in [-0.4, -0.2) is 36.6 Å². The van der Waals surface area contributed by atoms with Gasteiger partial charge in [0, 0.05) is 32.0 Å². The lowest BCUT2D eigenvalue weighted by atomic mass is 10.4. The van der Waals surface area contributed by atoms with Crippen LogP contribution in [0.5, 0.6) is 0 Å². The van der Waals surface area contributed by atoms with Crippen LogP contribution in [-0.2, 0) is 0 Å². The number of aromatic nitrogens is 2. The van der Waals surface area contributed by atoms with Gasteiger partial charge in [-0.2, -0.15) is 0 Å². The first-order valence-electron chi connectivity index (χ1n) is 5.46. The van der Waals surface area contributed by atoms with Gasteiger partial charge in [0.25, 0.3) is 0 Å². The fourth-order valence-corrected chi connectivity index (χ4v) is 1.38. The van der Waals surface area contributed by atoms with Crippen LogP contribution in [0.2, 0.25) is 0 Å². The van der Waals surface area contributed by atoms with Crippen molar-refractivity contribution in [3.05, 3.63) is 18.0 Å². The second-order valence-corrected chi connectivity index (χ2v) is 3.65. The molecule has 4 nitrogen and oxygen atoms in total. The molecule has 1 aromatic heterocycles. The van der Waals surface area contributed by atoms with Crippen LogP contribution in [0.3, 0.4) is 0 Å². The summed E-state index contributed by atoms with van der Waals surface area (Å²) in [5, 5.41) is 3.14. The van der Waals surface area contributed by atoms with Crippen molar-refractivity contribution in [2.75, 3.05) is 31.6 Å². The molecule has 0 fully saturated rings. The van der Waals surface area contributed by atoms with E-state index in [0.717, 1.165) is 37.6 Å². The van der Waals surface area contributed by atoms with Gasteiger partial charge < -0.3 is 10.2 Å². The van der Waals surface area contributed by atoms with Crippen LogP contribution < -0.4 is 10.2 Å². The Kier molecular flexibility index (Phi) is 5.04. The number of rotatable bonds is 6. The normalized spacial score (nSPS) is 10.3. The highest BCUT2D eigenvalue weighted by Gasteiger charge is 2.06. The third-order valence-corrected chi connectivity index (χ3v) is 2.18. The van der Waals surface area contributed by atoms with Gasteiger partial charge in [-0.25, -0.2) is 9.97 Å². The SMILES string of the molecule is CCCN(CCNC)c1ncc(C)cn1. The van der Waals surface area contributed by atoms with E-state index in [1.807, 2.05) is 26.4 Å². The smallest absolute Gasteiger partial charge is 0.225 e. The number of nitrogens with one attached hydrogen (secondary N) is 1. The van der Waals surface area contributed by atoms with E-state index in [2.05, 4.69) is 27.1 Å². The standard InChI is InChI=1S/C11H20N4/c1-4-6-15(7-5-12-3)11-13-8-10(2)9-14-11/h8-9,12H,4-7H2,1-3H3. The molecule has 0 unspecified atom stereocenters. The summed E-state index contributed by atoms with van der Waals surface area (Å²) in [6.07, 6.45) is 4.84. The fourth-order valence-electron chi connectivity index (χ4n) is 1.38. The summed E-state index contributed by atoms with van der Waals surface area (Å²) in [5.41, 5.74) is 1.10. The number of likely N-dealkylation sites (N-methyl/N-ethyl adjacent to an activating group) is 1. The lowest BCUT2D eigenvalue weighted by molar-refractivity contribution is 0.692. The summed E-state index contributed by atoms with van der Waals surface area (Å²) in [6.45, 7) is 7.08. The van der Waals surface area contributed by atoms with Gasteiger partial charge in [-0.1, -0.05) is 6.92 Å². The molecule has 0 spiro atoms. The first-order valence-corrected chi connectivity index (χ1v) is 5.46. The molecular formula is C11H20N4. The van der Waals surface area contributed by atoms with Gasteiger partial charge in [-0.05, 0) is 26.0 Å². The minimum Gasteiger partial charge on any atom is -0.340 e. The second kappa shape index (κ2) is 6.35. The minimum absolute atomic E-state index is 0.831. The van der Waals surface area contributed by atoms with Crippen molar-refractivity contribution in [2.24, 2.45) is 0 Å². The van der Waals surface area contributed by atoms with Crippen LogP contribution in [0, 0.1) is 6.92 Å². The van der Waals surface area contributed by atoms with Gasteiger partial charge in [0.2, 0.25) is 5.95 Å². The highest BCUT2D eigenvalue weighted by atomic mass is 15.2. The lowest BCUT2D eigenvalue weighted by Gasteiger charge is -2.21.